The summed E-state index contributed by atoms with van der Waals surface area (Å²) in [6.45, 7) is 4.84. The van der Waals surface area contributed by atoms with Gasteiger partial charge in [-0.1, -0.05) is 43.3 Å². The van der Waals surface area contributed by atoms with E-state index in [2.05, 4.69) is 10.2 Å². The number of hydrogen-bond acceptors (Lipinski definition) is 4. The van der Waals surface area contributed by atoms with Crippen molar-refractivity contribution in [3.05, 3.63) is 83.9 Å². The van der Waals surface area contributed by atoms with Crippen molar-refractivity contribution in [3.8, 4) is 11.5 Å². The van der Waals surface area contributed by atoms with Crippen LogP contribution in [-0.2, 0) is 9.59 Å². The molecule has 0 atom stereocenters. The molecule has 0 bridgehead atoms. The minimum Gasteiger partial charge on any atom is -0.457 e. The van der Waals surface area contributed by atoms with Gasteiger partial charge in [0.2, 0.25) is 11.8 Å². The molecule has 34 heavy (non-hydrogen) atoms. The van der Waals surface area contributed by atoms with Gasteiger partial charge in [-0.25, -0.2) is 0 Å². The summed E-state index contributed by atoms with van der Waals surface area (Å²) in [5.41, 5.74) is 3.76. The molecule has 6 nitrogen and oxygen atoms in total. The van der Waals surface area contributed by atoms with Crippen molar-refractivity contribution in [1.82, 2.24) is 4.90 Å². The van der Waals surface area contributed by atoms with Gasteiger partial charge in [-0.05, 0) is 42.8 Å². The van der Waals surface area contributed by atoms with Gasteiger partial charge < -0.3 is 19.9 Å². The van der Waals surface area contributed by atoms with Gasteiger partial charge in [0.1, 0.15) is 11.5 Å². The standard InChI is InChI=1S/C28H29N3O3/c1-2-7-26(32)29-20-12-14-21(15-13-20)30-16-18-31(19-17-30)28(33)27-22-8-3-5-10-24(22)34-25-11-6-4-9-23(25)27/h3-6,8-15,27H,2,7,16-19H2,1H3,(H,29,32). The first-order valence-corrected chi connectivity index (χ1v) is 11.9. The van der Waals surface area contributed by atoms with E-state index in [4.69, 9.17) is 4.74 Å². The third-order valence-electron chi connectivity index (χ3n) is 6.51. The molecule has 0 aromatic heterocycles. The molecular formula is C28H29N3O3. The minimum absolute atomic E-state index is 0.0404. The summed E-state index contributed by atoms with van der Waals surface area (Å²) in [4.78, 5) is 29.8. The third-order valence-corrected chi connectivity index (χ3v) is 6.51. The summed E-state index contributed by atoms with van der Waals surface area (Å²) >= 11 is 0. The highest BCUT2D eigenvalue weighted by Gasteiger charge is 2.36. The van der Waals surface area contributed by atoms with Gasteiger partial charge >= 0.3 is 0 Å². The van der Waals surface area contributed by atoms with Gasteiger partial charge in [0, 0.05) is 55.1 Å². The Balaban J connectivity index is 1.27. The molecule has 0 aliphatic carbocycles. The quantitative estimate of drug-likeness (QED) is 0.587. The summed E-state index contributed by atoms with van der Waals surface area (Å²) < 4.78 is 6.06. The van der Waals surface area contributed by atoms with E-state index in [0.29, 0.717) is 19.5 Å². The second-order valence-electron chi connectivity index (χ2n) is 8.77. The average molecular weight is 456 g/mol. The molecule has 0 unspecified atom stereocenters. The Morgan fingerprint density at radius 2 is 1.44 bits per heavy atom. The molecule has 0 saturated carbocycles. The highest BCUT2D eigenvalue weighted by molar-refractivity contribution is 5.91. The number of amides is 2. The molecule has 1 saturated heterocycles. The zero-order valence-corrected chi connectivity index (χ0v) is 19.4. The van der Waals surface area contributed by atoms with E-state index in [1.165, 1.54) is 0 Å². The first-order valence-electron chi connectivity index (χ1n) is 11.9. The van der Waals surface area contributed by atoms with Crippen LogP contribution in [0.3, 0.4) is 0 Å². The number of carbonyl (C=O) groups is 2. The Morgan fingerprint density at radius 3 is 2.03 bits per heavy atom. The number of ether oxygens (including phenoxy) is 1. The van der Waals surface area contributed by atoms with Gasteiger partial charge in [-0.15, -0.1) is 0 Å². The minimum atomic E-state index is -0.348. The van der Waals surface area contributed by atoms with Crippen molar-refractivity contribution in [1.29, 1.82) is 0 Å². The number of hydrogen-bond donors (Lipinski definition) is 1. The fourth-order valence-electron chi connectivity index (χ4n) is 4.75. The molecule has 3 aromatic rings. The highest BCUT2D eigenvalue weighted by atomic mass is 16.5. The van der Waals surface area contributed by atoms with Gasteiger partial charge in [-0.2, -0.15) is 0 Å². The lowest BCUT2D eigenvalue weighted by Crippen LogP contribution is -2.50. The summed E-state index contributed by atoms with van der Waals surface area (Å²) in [5, 5.41) is 2.93. The van der Waals surface area contributed by atoms with Crippen LogP contribution in [0.25, 0.3) is 0 Å². The topological polar surface area (TPSA) is 61.9 Å². The maximum Gasteiger partial charge on any atom is 0.234 e. The molecule has 0 spiro atoms. The number of benzene rings is 3. The summed E-state index contributed by atoms with van der Waals surface area (Å²) in [6, 6.07) is 23.6. The number of rotatable bonds is 5. The average Bonchev–Trinajstić information content (AvgIpc) is 2.87. The molecule has 3 aromatic carbocycles. The van der Waals surface area contributed by atoms with Crippen LogP contribution >= 0.6 is 0 Å². The second kappa shape index (κ2) is 9.59. The van der Waals surface area contributed by atoms with Crippen LogP contribution in [0.5, 0.6) is 11.5 Å². The Bertz CT molecular complexity index is 1140. The highest BCUT2D eigenvalue weighted by Crippen LogP contribution is 2.44. The SMILES string of the molecule is CCCC(=O)Nc1ccc(N2CCN(C(=O)C3c4ccccc4Oc4ccccc43)CC2)cc1. The van der Waals surface area contributed by atoms with Gasteiger partial charge in [-0.3, -0.25) is 9.59 Å². The lowest BCUT2D eigenvalue weighted by Gasteiger charge is -2.38. The molecule has 2 aliphatic heterocycles. The molecule has 2 aliphatic rings. The maximum atomic E-state index is 13.7. The van der Waals surface area contributed by atoms with Crippen LogP contribution in [0.2, 0.25) is 0 Å². The van der Waals surface area contributed by atoms with Crippen LogP contribution in [0, 0.1) is 0 Å². The fourth-order valence-corrected chi connectivity index (χ4v) is 4.75. The van der Waals surface area contributed by atoms with Crippen LogP contribution < -0.4 is 15.0 Å². The molecule has 1 N–H and O–H groups in total. The number of carbonyl (C=O) groups excluding carboxylic acids is 2. The summed E-state index contributed by atoms with van der Waals surface area (Å²) in [6.07, 6.45) is 1.36. The van der Waals surface area contributed by atoms with Crippen molar-refractivity contribution in [2.75, 3.05) is 36.4 Å². The molecule has 5 rings (SSSR count). The zero-order valence-electron chi connectivity index (χ0n) is 19.4. The number of nitrogens with zero attached hydrogens (tertiary/aromatic N) is 2. The van der Waals surface area contributed by atoms with Gasteiger partial charge in [0.05, 0.1) is 5.92 Å². The fraction of sp³-hybridized carbons (Fsp3) is 0.286. The number of nitrogens with one attached hydrogen (secondary N) is 1. The summed E-state index contributed by atoms with van der Waals surface area (Å²) in [7, 11) is 0. The van der Waals surface area contributed by atoms with Crippen molar-refractivity contribution in [3.63, 3.8) is 0 Å². The van der Waals surface area contributed by atoms with E-state index < -0.39 is 0 Å². The largest absolute Gasteiger partial charge is 0.457 e. The predicted molar refractivity (Wildman–Crippen MR) is 134 cm³/mol. The second-order valence-corrected chi connectivity index (χ2v) is 8.77. The van der Waals surface area contributed by atoms with Crippen LogP contribution in [0.4, 0.5) is 11.4 Å². The van der Waals surface area contributed by atoms with E-state index in [1.807, 2.05) is 84.6 Å². The van der Waals surface area contributed by atoms with Crippen molar-refractivity contribution < 1.29 is 14.3 Å². The van der Waals surface area contributed by atoms with E-state index in [1.54, 1.807) is 0 Å². The zero-order chi connectivity index (χ0) is 23.5. The van der Waals surface area contributed by atoms with E-state index in [-0.39, 0.29) is 17.7 Å². The van der Waals surface area contributed by atoms with E-state index >= 15 is 0 Å². The first kappa shape index (κ1) is 22.0. The smallest absolute Gasteiger partial charge is 0.234 e. The third kappa shape index (κ3) is 4.36. The summed E-state index contributed by atoms with van der Waals surface area (Å²) in [5.74, 6) is 1.32. The molecule has 174 valence electrons. The van der Waals surface area contributed by atoms with Crippen LogP contribution in [-0.4, -0.2) is 42.9 Å². The van der Waals surface area contributed by atoms with Crippen LogP contribution in [0.1, 0.15) is 36.8 Å². The lowest BCUT2D eigenvalue weighted by atomic mass is 9.86. The molecule has 1 fully saturated rings. The molecule has 2 heterocycles. The Labute approximate surface area is 200 Å². The number of anilines is 2. The van der Waals surface area contributed by atoms with Crippen LogP contribution in [0.15, 0.2) is 72.8 Å². The molecule has 2 amide bonds. The molecular weight excluding hydrogens is 426 g/mol. The van der Waals surface area contributed by atoms with Gasteiger partial charge in [0.15, 0.2) is 0 Å². The van der Waals surface area contributed by atoms with Crippen molar-refractivity contribution >= 4 is 23.2 Å². The normalized spacial score (nSPS) is 15.2. The first-order chi connectivity index (χ1) is 16.6. The lowest BCUT2D eigenvalue weighted by molar-refractivity contribution is -0.132. The Morgan fingerprint density at radius 1 is 0.853 bits per heavy atom. The predicted octanol–water partition coefficient (Wildman–Crippen LogP) is 5.01. The van der Waals surface area contributed by atoms with Crippen molar-refractivity contribution in [2.24, 2.45) is 0 Å². The Hall–Kier alpha value is -3.80. The van der Waals surface area contributed by atoms with E-state index in [9.17, 15) is 9.59 Å². The molecule has 0 radical (unpaired) electrons. The molecule has 6 heteroatoms. The number of fused-ring (bicyclic) bond motifs is 2. The number of para-hydroxylation sites is 2. The Kier molecular flexibility index (Phi) is 6.21. The van der Waals surface area contributed by atoms with E-state index in [0.717, 1.165) is 53.5 Å². The monoisotopic (exact) mass is 455 g/mol. The van der Waals surface area contributed by atoms with Gasteiger partial charge in [0.25, 0.3) is 0 Å². The number of piperazine rings is 1. The van der Waals surface area contributed by atoms with Crippen molar-refractivity contribution in [2.45, 2.75) is 25.7 Å². The maximum absolute atomic E-state index is 13.7.